The third-order valence-corrected chi connectivity index (χ3v) is 3.31. The lowest BCUT2D eigenvalue weighted by atomic mass is 10.1. The number of benzene rings is 1. The zero-order valence-corrected chi connectivity index (χ0v) is 12.5. The molecule has 1 atom stereocenters. The van der Waals surface area contributed by atoms with Crippen LogP contribution in [0.2, 0.25) is 0 Å². The van der Waals surface area contributed by atoms with Gasteiger partial charge >= 0.3 is 6.01 Å². The number of aryl methyl sites for hydroxylation is 1. The first kappa shape index (κ1) is 14.5. The molecule has 2 rings (SSSR count). The lowest BCUT2D eigenvalue weighted by Gasteiger charge is -2.16. The Labute approximate surface area is 119 Å². The molecule has 1 aromatic carbocycles. The number of nitrogens with zero attached hydrogens (tertiary/aromatic N) is 3. The predicted molar refractivity (Wildman–Crippen MR) is 78.7 cm³/mol. The topological polar surface area (TPSA) is 66.0 Å². The van der Waals surface area contributed by atoms with Gasteiger partial charge in [0.05, 0.1) is 6.04 Å². The van der Waals surface area contributed by atoms with Gasteiger partial charge < -0.3 is 10.5 Å². The Morgan fingerprint density at radius 2 is 1.85 bits per heavy atom. The van der Waals surface area contributed by atoms with Gasteiger partial charge in [0.1, 0.15) is 5.75 Å². The van der Waals surface area contributed by atoms with E-state index in [1.807, 2.05) is 42.7 Å². The van der Waals surface area contributed by atoms with Crippen LogP contribution in [0, 0.1) is 12.8 Å². The zero-order chi connectivity index (χ0) is 14.7. The summed E-state index contributed by atoms with van der Waals surface area (Å²) in [5.41, 5.74) is 7.35. The summed E-state index contributed by atoms with van der Waals surface area (Å²) in [6, 6.07) is 8.20. The second-order valence-corrected chi connectivity index (χ2v) is 5.27. The third-order valence-electron chi connectivity index (χ3n) is 3.31. The number of aromatic nitrogens is 3. The van der Waals surface area contributed by atoms with Gasteiger partial charge in [0.15, 0.2) is 5.82 Å². The highest BCUT2D eigenvalue weighted by Gasteiger charge is 2.20. The maximum absolute atomic E-state index is 6.16. The van der Waals surface area contributed by atoms with Crippen LogP contribution in [0.5, 0.6) is 11.8 Å². The van der Waals surface area contributed by atoms with Gasteiger partial charge in [0.2, 0.25) is 0 Å². The summed E-state index contributed by atoms with van der Waals surface area (Å²) in [6.07, 6.45) is 0. The summed E-state index contributed by atoms with van der Waals surface area (Å²) in [4.78, 5) is 0. The van der Waals surface area contributed by atoms with Crippen molar-refractivity contribution in [1.29, 1.82) is 0 Å². The van der Waals surface area contributed by atoms with Gasteiger partial charge in [-0.1, -0.05) is 36.6 Å². The average molecular weight is 274 g/mol. The minimum atomic E-state index is -0.141. The molecule has 1 heterocycles. The monoisotopic (exact) mass is 274 g/mol. The quantitative estimate of drug-likeness (QED) is 0.910. The molecule has 0 spiro atoms. The molecule has 5 nitrogen and oxygen atoms in total. The Bertz CT molecular complexity index is 560. The summed E-state index contributed by atoms with van der Waals surface area (Å²) in [5, 5.41) is 8.30. The first-order chi connectivity index (χ1) is 9.52. The van der Waals surface area contributed by atoms with E-state index in [0.717, 1.165) is 18.1 Å². The van der Waals surface area contributed by atoms with Crippen LogP contribution >= 0.6 is 0 Å². The van der Waals surface area contributed by atoms with Crippen molar-refractivity contribution in [1.82, 2.24) is 14.8 Å². The first-order valence-electron chi connectivity index (χ1n) is 6.96. The number of rotatable bonds is 5. The fraction of sp³-hybridized carbons (Fsp3) is 0.467. The number of ether oxygens (including phenoxy) is 1. The van der Waals surface area contributed by atoms with Gasteiger partial charge in [-0.05, 0) is 31.9 Å². The van der Waals surface area contributed by atoms with Gasteiger partial charge in [-0.25, -0.2) is 0 Å². The Hall–Kier alpha value is -1.88. The molecular weight excluding hydrogens is 252 g/mol. The molecule has 20 heavy (non-hydrogen) atoms. The molecule has 0 aliphatic heterocycles. The molecule has 5 heteroatoms. The minimum Gasteiger partial charge on any atom is -0.424 e. The van der Waals surface area contributed by atoms with Gasteiger partial charge in [-0.3, -0.25) is 4.57 Å². The molecule has 1 aromatic heterocycles. The lowest BCUT2D eigenvalue weighted by molar-refractivity contribution is 0.400. The largest absolute Gasteiger partial charge is 0.424 e. The standard InChI is InChI=1S/C15H22N4O/c1-5-19-14(13(16)10(2)3)17-18-15(19)20-12-8-6-11(4)7-9-12/h6-10,13H,5,16H2,1-4H3. The molecule has 0 amide bonds. The van der Waals surface area contributed by atoms with Crippen LogP contribution in [0.15, 0.2) is 24.3 Å². The lowest BCUT2D eigenvalue weighted by Crippen LogP contribution is -2.21. The van der Waals surface area contributed by atoms with E-state index >= 15 is 0 Å². The smallest absolute Gasteiger partial charge is 0.322 e. The summed E-state index contributed by atoms with van der Waals surface area (Å²) in [6.45, 7) is 8.93. The van der Waals surface area contributed by atoms with Gasteiger partial charge in [0.25, 0.3) is 0 Å². The highest BCUT2D eigenvalue weighted by atomic mass is 16.5. The van der Waals surface area contributed by atoms with E-state index < -0.39 is 0 Å². The van der Waals surface area contributed by atoms with Crippen molar-refractivity contribution in [3.63, 3.8) is 0 Å². The number of nitrogens with two attached hydrogens (primary N) is 1. The van der Waals surface area contributed by atoms with Crippen LogP contribution < -0.4 is 10.5 Å². The van der Waals surface area contributed by atoms with E-state index in [1.54, 1.807) is 0 Å². The molecule has 0 fully saturated rings. The van der Waals surface area contributed by atoms with Crippen LogP contribution in [0.25, 0.3) is 0 Å². The second-order valence-electron chi connectivity index (χ2n) is 5.27. The number of hydrogen-bond acceptors (Lipinski definition) is 4. The average Bonchev–Trinajstić information content (AvgIpc) is 2.83. The fourth-order valence-corrected chi connectivity index (χ4v) is 1.93. The van der Waals surface area contributed by atoms with Crippen LogP contribution in [0.4, 0.5) is 0 Å². The maximum Gasteiger partial charge on any atom is 0.322 e. The van der Waals surface area contributed by atoms with Crippen LogP contribution in [0.3, 0.4) is 0 Å². The fourth-order valence-electron chi connectivity index (χ4n) is 1.93. The van der Waals surface area contributed by atoms with Gasteiger partial charge in [-0.2, -0.15) is 0 Å². The van der Waals surface area contributed by atoms with Gasteiger partial charge in [0, 0.05) is 6.54 Å². The Kier molecular flexibility index (Phi) is 4.39. The van der Waals surface area contributed by atoms with E-state index in [-0.39, 0.29) is 6.04 Å². The van der Waals surface area contributed by atoms with Gasteiger partial charge in [-0.15, -0.1) is 5.10 Å². The van der Waals surface area contributed by atoms with Crippen molar-refractivity contribution < 1.29 is 4.74 Å². The summed E-state index contributed by atoms with van der Waals surface area (Å²) < 4.78 is 7.72. The SMILES string of the molecule is CCn1c(Oc2ccc(C)cc2)nnc1C(N)C(C)C. The molecule has 108 valence electrons. The molecular formula is C15H22N4O. The summed E-state index contributed by atoms with van der Waals surface area (Å²) in [7, 11) is 0. The van der Waals surface area contributed by atoms with Crippen molar-refractivity contribution in [2.45, 2.75) is 40.3 Å². The van der Waals surface area contributed by atoms with Crippen molar-refractivity contribution in [3.8, 4) is 11.8 Å². The van der Waals surface area contributed by atoms with E-state index in [9.17, 15) is 0 Å². The summed E-state index contributed by atoms with van der Waals surface area (Å²) >= 11 is 0. The third kappa shape index (κ3) is 2.99. The Morgan fingerprint density at radius 3 is 2.40 bits per heavy atom. The molecule has 0 saturated carbocycles. The molecule has 0 radical (unpaired) electrons. The van der Waals surface area contributed by atoms with Crippen molar-refractivity contribution >= 4 is 0 Å². The summed E-state index contributed by atoms with van der Waals surface area (Å²) in [5.74, 6) is 1.82. The van der Waals surface area contributed by atoms with Crippen LogP contribution in [0.1, 0.15) is 38.2 Å². The molecule has 0 aliphatic rings. The molecule has 0 aliphatic carbocycles. The highest BCUT2D eigenvalue weighted by Crippen LogP contribution is 2.24. The molecule has 0 saturated heterocycles. The van der Waals surface area contributed by atoms with E-state index in [1.165, 1.54) is 5.56 Å². The Balaban J connectivity index is 2.26. The zero-order valence-electron chi connectivity index (χ0n) is 12.5. The van der Waals surface area contributed by atoms with E-state index in [4.69, 9.17) is 10.5 Å². The Morgan fingerprint density at radius 1 is 1.20 bits per heavy atom. The van der Waals surface area contributed by atoms with Crippen molar-refractivity contribution in [3.05, 3.63) is 35.7 Å². The van der Waals surface area contributed by atoms with Crippen molar-refractivity contribution in [2.24, 2.45) is 11.7 Å². The van der Waals surface area contributed by atoms with E-state index in [2.05, 4.69) is 24.0 Å². The molecule has 2 aromatic rings. The predicted octanol–water partition coefficient (Wildman–Crippen LogP) is 3.05. The minimum absolute atomic E-state index is 0.141. The van der Waals surface area contributed by atoms with Crippen LogP contribution in [-0.2, 0) is 6.54 Å². The van der Waals surface area contributed by atoms with Crippen LogP contribution in [-0.4, -0.2) is 14.8 Å². The first-order valence-corrected chi connectivity index (χ1v) is 6.96. The molecule has 0 bridgehead atoms. The molecule has 1 unspecified atom stereocenters. The second kappa shape index (κ2) is 6.05. The number of hydrogen-bond donors (Lipinski definition) is 1. The van der Waals surface area contributed by atoms with Crippen molar-refractivity contribution in [2.75, 3.05) is 0 Å². The molecule has 2 N–H and O–H groups in total. The maximum atomic E-state index is 6.16. The van der Waals surface area contributed by atoms with E-state index in [0.29, 0.717) is 11.9 Å². The highest BCUT2D eigenvalue weighted by molar-refractivity contribution is 5.28. The normalized spacial score (nSPS) is 12.7.